The number of nitrogens with one attached hydrogen (secondary N) is 3. The van der Waals surface area contributed by atoms with Gasteiger partial charge in [-0.15, -0.1) is 0 Å². The zero-order chi connectivity index (χ0) is 30.2. The Morgan fingerprint density at radius 2 is 1.91 bits per heavy atom. The summed E-state index contributed by atoms with van der Waals surface area (Å²) >= 11 is 0. The summed E-state index contributed by atoms with van der Waals surface area (Å²) in [6.45, 7) is 3.61. The van der Waals surface area contributed by atoms with Crippen molar-refractivity contribution in [2.45, 2.75) is 44.6 Å². The monoisotopic (exact) mass is 612 g/mol. The highest BCUT2D eigenvalue weighted by molar-refractivity contribution is 7.92. The summed E-state index contributed by atoms with van der Waals surface area (Å²) in [5, 5.41) is 7.36. The third-order valence-corrected chi connectivity index (χ3v) is 9.29. The van der Waals surface area contributed by atoms with E-state index in [9.17, 15) is 17.2 Å². The van der Waals surface area contributed by atoms with Crippen molar-refractivity contribution < 1.29 is 26.3 Å². The van der Waals surface area contributed by atoms with Gasteiger partial charge < -0.3 is 15.4 Å². The number of piperidine rings is 1. The first kappa shape index (κ1) is 29.1. The van der Waals surface area contributed by atoms with E-state index < -0.39 is 33.4 Å². The Morgan fingerprint density at radius 1 is 1.07 bits per heavy atom. The summed E-state index contributed by atoms with van der Waals surface area (Å²) in [6.07, 6.45) is 5.04. The first-order valence-electron chi connectivity index (χ1n) is 14.1. The number of ether oxygens (including phenoxy) is 1. The molecule has 2 aromatic carbocycles. The molecule has 2 aromatic heterocycles. The van der Waals surface area contributed by atoms with Gasteiger partial charge in [0.2, 0.25) is 21.9 Å². The molecule has 13 heteroatoms. The molecule has 4 aromatic rings. The zero-order valence-corrected chi connectivity index (χ0v) is 24.2. The van der Waals surface area contributed by atoms with Gasteiger partial charge in [0.05, 0.1) is 22.7 Å². The van der Waals surface area contributed by atoms with Crippen molar-refractivity contribution in [1.82, 2.24) is 20.3 Å². The van der Waals surface area contributed by atoms with Crippen LogP contribution in [-0.4, -0.2) is 54.2 Å². The summed E-state index contributed by atoms with van der Waals surface area (Å²) in [5.41, 5.74) is 1.54. The first-order valence-corrected chi connectivity index (χ1v) is 15.8. The number of halogens is 3. The third-order valence-electron chi connectivity index (χ3n) is 7.93. The lowest BCUT2D eigenvalue weighted by Gasteiger charge is -2.35. The molecular weight excluding hydrogens is 581 g/mol. The lowest BCUT2D eigenvalue weighted by Crippen LogP contribution is -2.43. The second-order valence-electron chi connectivity index (χ2n) is 11.0. The van der Waals surface area contributed by atoms with E-state index in [0.717, 1.165) is 32.0 Å². The number of pyridine rings is 1. The van der Waals surface area contributed by atoms with Crippen molar-refractivity contribution >= 4 is 32.4 Å². The van der Waals surface area contributed by atoms with Crippen LogP contribution in [-0.2, 0) is 10.0 Å². The number of aryl methyl sites for hydroxylation is 1. The molecule has 43 heavy (non-hydrogen) atoms. The first-order chi connectivity index (χ1) is 20.6. The van der Waals surface area contributed by atoms with E-state index in [1.54, 1.807) is 43.6 Å². The minimum Gasteiger partial charge on any atom is -0.437 e. The molecule has 226 valence electrons. The van der Waals surface area contributed by atoms with Crippen LogP contribution < -0.4 is 20.1 Å². The fraction of sp³-hybridized carbons (Fsp3) is 0.367. The molecule has 3 heterocycles. The van der Waals surface area contributed by atoms with Crippen LogP contribution in [0.2, 0.25) is 0 Å². The third kappa shape index (κ3) is 6.23. The van der Waals surface area contributed by atoms with Crippen LogP contribution in [0.4, 0.5) is 24.8 Å². The number of hydrogen-bond donors (Lipinski definition) is 3. The van der Waals surface area contributed by atoms with Gasteiger partial charge in [0.15, 0.2) is 0 Å². The number of rotatable bonds is 9. The normalized spacial score (nSPS) is 19.9. The molecular formula is C30H31F3N6O3S. The fourth-order valence-electron chi connectivity index (χ4n) is 5.43. The smallest absolute Gasteiger partial charge is 0.252 e. The van der Waals surface area contributed by atoms with Gasteiger partial charge in [0, 0.05) is 48.1 Å². The predicted molar refractivity (Wildman–Crippen MR) is 159 cm³/mol. The van der Waals surface area contributed by atoms with Crippen molar-refractivity contribution in [2.24, 2.45) is 5.92 Å². The number of alkyl halides is 2. The highest BCUT2D eigenvalue weighted by Gasteiger charge is 2.50. The Morgan fingerprint density at radius 3 is 2.65 bits per heavy atom. The average molecular weight is 613 g/mol. The lowest BCUT2D eigenvalue weighted by molar-refractivity contribution is -0.122. The molecule has 2 aliphatic rings. The predicted octanol–water partition coefficient (Wildman–Crippen LogP) is 5.88. The Hall–Kier alpha value is -3.97. The molecule has 1 saturated carbocycles. The second-order valence-corrected chi connectivity index (χ2v) is 12.8. The van der Waals surface area contributed by atoms with Gasteiger partial charge in [-0.25, -0.2) is 36.5 Å². The number of anilines is 2. The molecule has 2 atom stereocenters. The molecule has 0 radical (unpaired) electrons. The molecule has 0 amide bonds. The number of benzene rings is 2. The van der Waals surface area contributed by atoms with Gasteiger partial charge in [0.1, 0.15) is 11.6 Å². The van der Waals surface area contributed by atoms with E-state index in [1.165, 1.54) is 6.07 Å². The second kappa shape index (κ2) is 11.6. The summed E-state index contributed by atoms with van der Waals surface area (Å²) < 4.78 is 76.8. The molecule has 0 bridgehead atoms. The largest absolute Gasteiger partial charge is 0.437 e. The van der Waals surface area contributed by atoms with Crippen LogP contribution >= 0.6 is 0 Å². The summed E-state index contributed by atoms with van der Waals surface area (Å²) in [5.74, 6) is -4.92. The SMILES string of the molecule is Cc1ccc2c(NS(=O)(=O)C[C@H]3CCC3(F)F)c(F)ccc2c1Oc1ncccc1-c1ccnc(N[C@H]2CCCNC2)n1. The number of sulfonamides is 1. The van der Waals surface area contributed by atoms with Gasteiger partial charge in [-0.3, -0.25) is 4.72 Å². The van der Waals surface area contributed by atoms with E-state index in [4.69, 9.17) is 4.74 Å². The summed E-state index contributed by atoms with van der Waals surface area (Å²) in [7, 11) is -4.27. The maximum absolute atomic E-state index is 15.0. The molecule has 0 unspecified atom stereocenters. The van der Waals surface area contributed by atoms with Crippen LogP contribution in [0.1, 0.15) is 31.2 Å². The average Bonchev–Trinajstić information content (AvgIpc) is 2.99. The Bertz CT molecular complexity index is 1770. The van der Waals surface area contributed by atoms with Crippen LogP contribution in [0, 0.1) is 18.7 Å². The van der Waals surface area contributed by atoms with Crippen molar-refractivity contribution in [3.63, 3.8) is 0 Å². The van der Waals surface area contributed by atoms with E-state index in [-0.39, 0.29) is 35.8 Å². The van der Waals surface area contributed by atoms with E-state index in [2.05, 4.69) is 30.3 Å². The number of hydrogen-bond acceptors (Lipinski definition) is 8. The van der Waals surface area contributed by atoms with Crippen LogP contribution in [0.5, 0.6) is 11.6 Å². The molecule has 6 rings (SSSR count). The highest BCUT2D eigenvalue weighted by atomic mass is 32.2. The molecule has 1 aliphatic heterocycles. The molecule has 3 N–H and O–H groups in total. The molecule has 9 nitrogen and oxygen atoms in total. The topological polar surface area (TPSA) is 118 Å². The van der Waals surface area contributed by atoms with Gasteiger partial charge in [0.25, 0.3) is 5.92 Å². The number of nitrogens with zero attached hydrogens (tertiary/aromatic N) is 3. The molecule has 1 aliphatic carbocycles. The van der Waals surface area contributed by atoms with E-state index in [0.29, 0.717) is 33.9 Å². The van der Waals surface area contributed by atoms with Crippen LogP contribution in [0.15, 0.2) is 54.9 Å². The summed E-state index contributed by atoms with van der Waals surface area (Å²) in [4.78, 5) is 13.5. The van der Waals surface area contributed by atoms with Crippen molar-refractivity contribution in [2.75, 3.05) is 28.9 Å². The maximum atomic E-state index is 15.0. The zero-order valence-electron chi connectivity index (χ0n) is 23.4. The van der Waals surface area contributed by atoms with Gasteiger partial charge in [-0.2, -0.15) is 0 Å². The molecule has 1 saturated heterocycles. The summed E-state index contributed by atoms with van der Waals surface area (Å²) in [6, 6.07) is 11.4. The van der Waals surface area contributed by atoms with E-state index >= 15 is 4.39 Å². The molecule has 0 spiro atoms. The van der Waals surface area contributed by atoms with Crippen LogP contribution in [0.25, 0.3) is 22.0 Å². The van der Waals surface area contributed by atoms with E-state index in [1.807, 2.05) is 6.07 Å². The Labute approximate surface area is 247 Å². The Balaban J connectivity index is 1.32. The standard InChI is InChI=1S/C30H31F3N6O3S/c1-18-6-7-21-22(8-9-24(31)26(21)39-43(40,41)17-19-10-12-30(19,32)33)27(18)42-28-23(5-3-14-35-28)25-11-15-36-29(38-25)37-20-4-2-13-34-16-20/h3,5-9,11,14-15,19-20,34,39H,2,4,10,12-13,16-17H2,1H3,(H,36,37,38)/t19-,20+/m1/s1. The maximum Gasteiger partial charge on any atom is 0.252 e. The number of aromatic nitrogens is 3. The highest BCUT2D eigenvalue weighted by Crippen LogP contribution is 2.45. The van der Waals surface area contributed by atoms with Crippen molar-refractivity contribution in [1.29, 1.82) is 0 Å². The fourth-order valence-corrected chi connectivity index (χ4v) is 6.98. The Kier molecular flexibility index (Phi) is 7.86. The van der Waals surface area contributed by atoms with Crippen molar-refractivity contribution in [3.05, 3.63) is 66.2 Å². The van der Waals surface area contributed by atoms with Gasteiger partial charge in [-0.05, 0) is 68.6 Å². The number of fused-ring (bicyclic) bond motifs is 1. The minimum absolute atomic E-state index is 0.0944. The lowest BCUT2D eigenvalue weighted by atomic mass is 9.82. The van der Waals surface area contributed by atoms with Crippen LogP contribution in [0.3, 0.4) is 0 Å². The van der Waals surface area contributed by atoms with Crippen molar-refractivity contribution in [3.8, 4) is 22.9 Å². The quantitative estimate of drug-likeness (QED) is 0.215. The van der Waals surface area contributed by atoms with Gasteiger partial charge in [-0.1, -0.05) is 12.1 Å². The van der Waals surface area contributed by atoms with Gasteiger partial charge >= 0.3 is 0 Å². The molecule has 2 fully saturated rings. The minimum atomic E-state index is -4.27.